The lowest BCUT2D eigenvalue weighted by molar-refractivity contribution is -0.120. The van der Waals surface area contributed by atoms with E-state index >= 15 is 0 Å². The molecule has 0 radical (unpaired) electrons. The summed E-state index contributed by atoms with van der Waals surface area (Å²) in [5.41, 5.74) is 2.72. The van der Waals surface area contributed by atoms with Crippen LogP contribution in [-0.2, 0) is 17.6 Å². The SMILES string of the molecule is CC(C)c1ccc(CCCNC(=O)Cc2cccs2)cc1. The molecule has 0 unspecified atom stereocenters. The molecule has 0 fully saturated rings. The predicted molar refractivity (Wildman–Crippen MR) is 89.9 cm³/mol. The van der Waals surface area contributed by atoms with E-state index < -0.39 is 0 Å². The van der Waals surface area contributed by atoms with E-state index in [9.17, 15) is 4.79 Å². The Labute approximate surface area is 131 Å². The highest BCUT2D eigenvalue weighted by Gasteiger charge is 2.03. The summed E-state index contributed by atoms with van der Waals surface area (Å²) >= 11 is 1.63. The molecule has 0 aliphatic heterocycles. The van der Waals surface area contributed by atoms with Crippen molar-refractivity contribution in [3.8, 4) is 0 Å². The van der Waals surface area contributed by atoms with Crippen LogP contribution >= 0.6 is 11.3 Å². The number of rotatable bonds is 7. The summed E-state index contributed by atoms with van der Waals surface area (Å²) in [7, 11) is 0. The Morgan fingerprint density at radius 1 is 1.19 bits per heavy atom. The van der Waals surface area contributed by atoms with E-state index in [1.165, 1.54) is 11.1 Å². The van der Waals surface area contributed by atoms with Crippen molar-refractivity contribution in [2.75, 3.05) is 6.54 Å². The van der Waals surface area contributed by atoms with Gasteiger partial charge in [-0.2, -0.15) is 0 Å². The monoisotopic (exact) mass is 301 g/mol. The van der Waals surface area contributed by atoms with Gasteiger partial charge in [0.1, 0.15) is 0 Å². The minimum absolute atomic E-state index is 0.118. The minimum Gasteiger partial charge on any atom is -0.356 e. The van der Waals surface area contributed by atoms with E-state index in [1.54, 1.807) is 11.3 Å². The summed E-state index contributed by atoms with van der Waals surface area (Å²) in [5.74, 6) is 0.697. The Kier molecular flexibility index (Phi) is 6.00. The Hall–Kier alpha value is -1.61. The Bertz CT molecular complexity index is 543. The van der Waals surface area contributed by atoms with E-state index in [1.807, 2.05) is 17.5 Å². The van der Waals surface area contributed by atoms with Gasteiger partial charge in [-0.05, 0) is 41.3 Å². The molecule has 0 aliphatic rings. The maximum absolute atomic E-state index is 11.7. The fourth-order valence-corrected chi connectivity index (χ4v) is 2.93. The molecule has 0 aliphatic carbocycles. The zero-order valence-corrected chi connectivity index (χ0v) is 13.6. The first kappa shape index (κ1) is 15.8. The van der Waals surface area contributed by atoms with Crippen LogP contribution in [0.5, 0.6) is 0 Å². The molecule has 1 heterocycles. The van der Waals surface area contributed by atoms with Gasteiger partial charge < -0.3 is 5.32 Å². The maximum atomic E-state index is 11.7. The van der Waals surface area contributed by atoms with Crippen LogP contribution < -0.4 is 5.32 Å². The minimum atomic E-state index is 0.118. The summed E-state index contributed by atoms with van der Waals surface area (Å²) in [4.78, 5) is 12.9. The topological polar surface area (TPSA) is 29.1 Å². The van der Waals surface area contributed by atoms with E-state index in [0.29, 0.717) is 12.3 Å². The van der Waals surface area contributed by atoms with Gasteiger partial charge in [0.2, 0.25) is 5.91 Å². The number of carbonyl (C=O) groups is 1. The molecule has 2 nitrogen and oxygen atoms in total. The zero-order valence-electron chi connectivity index (χ0n) is 12.8. The van der Waals surface area contributed by atoms with Crippen molar-refractivity contribution < 1.29 is 4.79 Å². The van der Waals surface area contributed by atoms with Gasteiger partial charge in [0, 0.05) is 11.4 Å². The fourth-order valence-electron chi connectivity index (χ4n) is 2.22. The molecule has 112 valence electrons. The van der Waals surface area contributed by atoms with Gasteiger partial charge in [-0.15, -0.1) is 11.3 Å². The highest BCUT2D eigenvalue weighted by atomic mass is 32.1. The second-order valence-electron chi connectivity index (χ2n) is 5.61. The molecular formula is C18H23NOS. The molecule has 1 aromatic heterocycles. The molecule has 3 heteroatoms. The van der Waals surface area contributed by atoms with Crippen molar-refractivity contribution in [3.05, 3.63) is 57.8 Å². The number of benzene rings is 1. The Balaban J connectivity index is 1.66. The van der Waals surface area contributed by atoms with E-state index in [-0.39, 0.29) is 5.91 Å². The summed E-state index contributed by atoms with van der Waals surface area (Å²) in [6.45, 7) is 5.16. The molecular weight excluding hydrogens is 278 g/mol. The lowest BCUT2D eigenvalue weighted by Gasteiger charge is -2.07. The number of aryl methyl sites for hydroxylation is 1. The Morgan fingerprint density at radius 3 is 2.57 bits per heavy atom. The highest BCUT2D eigenvalue weighted by molar-refractivity contribution is 7.10. The average Bonchev–Trinajstić information content (AvgIpc) is 2.97. The van der Waals surface area contributed by atoms with Crippen LogP contribution in [0, 0.1) is 0 Å². The molecule has 0 saturated carbocycles. The van der Waals surface area contributed by atoms with Gasteiger partial charge in [0.25, 0.3) is 0 Å². The van der Waals surface area contributed by atoms with E-state index in [4.69, 9.17) is 0 Å². The zero-order chi connectivity index (χ0) is 15.1. The number of nitrogens with one attached hydrogen (secondary N) is 1. The molecule has 0 bridgehead atoms. The molecule has 21 heavy (non-hydrogen) atoms. The third-order valence-corrected chi connectivity index (χ3v) is 4.40. The van der Waals surface area contributed by atoms with E-state index in [2.05, 4.69) is 43.4 Å². The van der Waals surface area contributed by atoms with Crippen LogP contribution in [-0.4, -0.2) is 12.5 Å². The molecule has 0 spiro atoms. The average molecular weight is 301 g/mol. The quantitative estimate of drug-likeness (QED) is 0.764. The highest BCUT2D eigenvalue weighted by Crippen LogP contribution is 2.15. The molecule has 0 saturated heterocycles. The summed E-state index contributed by atoms with van der Waals surface area (Å²) in [6.07, 6.45) is 2.50. The molecule has 1 amide bonds. The maximum Gasteiger partial charge on any atom is 0.225 e. The number of hydrogen-bond acceptors (Lipinski definition) is 2. The van der Waals surface area contributed by atoms with Crippen LogP contribution in [0.25, 0.3) is 0 Å². The van der Waals surface area contributed by atoms with Crippen LogP contribution in [0.3, 0.4) is 0 Å². The first-order valence-corrected chi connectivity index (χ1v) is 8.41. The van der Waals surface area contributed by atoms with Crippen molar-refractivity contribution in [2.24, 2.45) is 0 Å². The first-order valence-electron chi connectivity index (χ1n) is 7.53. The summed E-state index contributed by atoms with van der Waals surface area (Å²) in [6, 6.07) is 12.8. The third kappa shape index (κ3) is 5.35. The van der Waals surface area contributed by atoms with Gasteiger partial charge in [0.05, 0.1) is 6.42 Å². The van der Waals surface area contributed by atoms with Crippen molar-refractivity contribution >= 4 is 17.2 Å². The smallest absolute Gasteiger partial charge is 0.225 e. The van der Waals surface area contributed by atoms with Gasteiger partial charge in [-0.1, -0.05) is 44.2 Å². The van der Waals surface area contributed by atoms with Gasteiger partial charge in [0.15, 0.2) is 0 Å². The standard InChI is InChI=1S/C18H23NOS/c1-14(2)16-9-7-15(8-10-16)5-3-11-19-18(20)13-17-6-4-12-21-17/h4,6-10,12,14H,3,5,11,13H2,1-2H3,(H,19,20). The van der Waals surface area contributed by atoms with Gasteiger partial charge >= 0.3 is 0 Å². The molecule has 1 aromatic carbocycles. The van der Waals surface area contributed by atoms with Crippen molar-refractivity contribution in [2.45, 2.75) is 39.0 Å². The van der Waals surface area contributed by atoms with Crippen LogP contribution in [0.4, 0.5) is 0 Å². The second kappa shape index (κ2) is 7.99. The fraction of sp³-hybridized carbons (Fsp3) is 0.389. The normalized spacial score (nSPS) is 10.8. The van der Waals surface area contributed by atoms with Gasteiger partial charge in [-0.25, -0.2) is 0 Å². The predicted octanol–water partition coefficient (Wildman–Crippen LogP) is 4.16. The van der Waals surface area contributed by atoms with Crippen LogP contribution in [0.1, 0.15) is 42.2 Å². The number of carbonyl (C=O) groups excluding carboxylic acids is 1. The summed E-state index contributed by atoms with van der Waals surface area (Å²) in [5, 5.41) is 4.99. The molecule has 1 N–H and O–H groups in total. The lowest BCUT2D eigenvalue weighted by Crippen LogP contribution is -2.26. The van der Waals surface area contributed by atoms with E-state index in [0.717, 1.165) is 24.3 Å². The number of hydrogen-bond donors (Lipinski definition) is 1. The number of amides is 1. The first-order chi connectivity index (χ1) is 10.1. The number of thiophene rings is 1. The second-order valence-corrected chi connectivity index (χ2v) is 6.64. The molecule has 0 atom stereocenters. The summed E-state index contributed by atoms with van der Waals surface area (Å²) < 4.78 is 0. The third-order valence-electron chi connectivity index (χ3n) is 3.53. The molecule has 2 rings (SSSR count). The van der Waals surface area contributed by atoms with Crippen molar-refractivity contribution in [3.63, 3.8) is 0 Å². The largest absolute Gasteiger partial charge is 0.356 e. The Morgan fingerprint density at radius 2 is 1.95 bits per heavy atom. The van der Waals surface area contributed by atoms with Crippen molar-refractivity contribution in [1.82, 2.24) is 5.32 Å². The van der Waals surface area contributed by atoms with Gasteiger partial charge in [-0.3, -0.25) is 4.79 Å². The van der Waals surface area contributed by atoms with Crippen LogP contribution in [0.15, 0.2) is 41.8 Å². The lowest BCUT2D eigenvalue weighted by atomic mass is 10.0. The van der Waals surface area contributed by atoms with Crippen LogP contribution in [0.2, 0.25) is 0 Å². The molecule has 2 aromatic rings. The van der Waals surface area contributed by atoms with Crippen molar-refractivity contribution in [1.29, 1.82) is 0 Å².